The summed E-state index contributed by atoms with van der Waals surface area (Å²) in [6.45, 7) is 4.36. The Bertz CT molecular complexity index is 1040. The van der Waals surface area contributed by atoms with Crippen molar-refractivity contribution in [2.75, 3.05) is 6.61 Å². The normalized spacial score (nSPS) is 12.8. The van der Waals surface area contributed by atoms with Gasteiger partial charge in [-0.05, 0) is 44.9 Å². The molecule has 4 heteroatoms. The summed E-state index contributed by atoms with van der Waals surface area (Å²) in [6.07, 6.45) is 85.4. The fourth-order valence-corrected chi connectivity index (χ4v) is 10.7. The highest BCUT2D eigenvalue weighted by Gasteiger charge is 2.18. The number of carbonyl (C=O) groups is 1. The Balaban J connectivity index is 3.42. The Morgan fingerprint density at radius 3 is 0.775 bits per heavy atom. The molecule has 0 heterocycles. The summed E-state index contributed by atoms with van der Waals surface area (Å²) < 4.78 is 0. The Morgan fingerprint density at radius 1 is 0.324 bits per heavy atom. The zero-order valence-corrected chi connectivity index (χ0v) is 48.8. The van der Waals surface area contributed by atoms with Crippen LogP contribution < -0.4 is 5.32 Å². The van der Waals surface area contributed by atoms with Crippen molar-refractivity contribution in [3.05, 3.63) is 24.3 Å². The minimum Gasteiger partial charge on any atom is -0.394 e. The molecule has 1 amide bonds. The first-order chi connectivity index (χ1) is 35.2. The van der Waals surface area contributed by atoms with Crippen LogP contribution in [0, 0.1) is 0 Å². The molecule has 3 N–H and O–H groups in total. The van der Waals surface area contributed by atoms with Crippen LogP contribution in [0.3, 0.4) is 0 Å². The molecule has 0 radical (unpaired) electrons. The van der Waals surface area contributed by atoms with Crippen molar-refractivity contribution in [3.63, 3.8) is 0 Å². The second-order valence-electron chi connectivity index (χ2n) is 22.9. The first-order valence-corrected chi connectivity index (χ1v) is 33.1. The second-order valence-corrected chi connectivity index (χ2v) is 22.9. The first kappa shape index (κ1) is 69.9. The molecule has 0 saturated heterocycles. The van der Waals surface area contributed by atoms with Crippen LogP contribution >= 0.6 is 0 Å². The Hall–Kier alpha value is -1.13. The smallest absolute Gasteiger partial charge is 0.220 e. The van der Waals surface area contributed by atoms with Crippen molar-refractivity contribution in [2.45, 2.75) is 392 Å². The first-order valence-electron chi connectivity index (χ1n) is 33.1. The molecule has 0 aromatic carbocycles. The molecule has 0 spiro atoms. The van der Waals surface area contributed by atoms with Crippen LogP contribution in [-0.4, -0.2) is 34.9 Å². The highest BCUT2D eigenvalue weighted by atomic mass is 16.3. The van der Waals surface area contributed by atoms with E-state index in [-0.39, 0.29) is 12.5 Å². The molecule has 2 unspecified atom stereocenters. The fourth-order valence-electron chi connectivity index (χ4n) is 10.7. The van der Waals surface area contributed by atoms with Crippen molar-refractivity contribution >= 4 is 5.91 Å². The molecule has 422 valence electrons. The summed E-state index contributed by atoms with van der Waals surface area (Å²) in [5, 5.41) is 23.3. The number of hydrogen-bond donors (Lipinski definition) is 3. The van der Waals surface area contributed by atoms with Gasteiger partial charge < -0.3 is 15.5 Å². The van der Waals surface area contributed by atoms with Gasteiger partial charge in [-0.15, -0.1) is 0 Å². The maximum Gasteiger partial charge on any atom is 0.220 e. The third kappa shape index (κ3) is 59.6. The van der Waals surface area contributed by atoms with E-state index in [1.807, 2.05) is 6.08 Å². The lowest BCUT2D eigenvalue weighted by molar-refractivity contribution is -0.123. The lowest BCUT2D eigenvalue weighted by Gasteiger charge is -2.20. The number of nitrogens with one attached hydrogen (secondary N) is 1. The number of hydrogen-bond acceptors (Lipinski definition) is 3. The van der Waals surface area contributed by atoms with Crippen LogP contribution in [0.25, 0.3) is 0 Å². The number of allylic oxidation sites excluding steroid dienone is 3. The van der Waals surface area contributed by atoms with Gasteiger partial charge in [-0.2, -0.15) is 0 Å². The zero-order valence-electron chi connectivity index (χ0n) is 48.8. The number of unbranched alkanes of at least 4 members (excludes halogenated alkanes) is 53. The molecular weight excluding hydrogens is 867 g/mol. The standard InChI is InChI=1S/C67H131NO3/c1-3-5-7-9-11-13-15-17-19-21-23-25-27-29-31-33-35-36-38-40-42-44-46-48-50-52-54-56-58-60-62-66(70)65(64-69)68-67(71)63-61-59-57-55-53-51-49-47-45-43-41-39-37-34-32-30-28-26-24-22-20-18-16-14-12-10-8-6-4-2/h22,24,60,62,65-66,69-70H,3-21,23,25-59,61,63-64H2,1-2H3,(H,68,71)/b24-22-,62-60+. The zero-order chi connectivity index (χ0) is 51.3. The molecular formula is C67H131NO3. The quantitative estimate of drug-likeness (QED) is 0.0420. The summed E-state index contributed by atoms with van der Waals surface area (Å²) in [5.41, 5.74) is 0. The van der Waals surface area contributed by atoms with Gasteiger partial charge in [0.05, 0.1) is 18.8 Å². The molecule has 0 aliphatic heterocycles. The van der Waals surface area contributed by atoms with Gasteiger partial charge in [0.1, 0.15) is 0 Å². The van der Waals surface area contributed by atoms with E-state index in [1.165, 1.54) is 334 Å². The van der Waals surface area contributed by atoms with Gasteiger partial charge in [0.2, 0.25) is 5.91 Å². The van der Waals surface area contributed by atoms with Gasteiger partial charge in [-0.1, -0.05) is 353 Å². The highest BCUT2D eigenvalue weighted by molar-refractivity contribution is 5.76. The fraction of sp³-hybridized carbons (Fsp3) is 0.925. The van der Waals surface area contributed by atoms with E-state index in [1.54, 1.807) is 6.08 Å². The third-order valence-corrected chi connectivity index (χ3v) is 15.7. The third-order valence-electron chi connectivity index (χ3n) is 15.7. The van der Waals surface area contributed by atoms with E-state index in [4.69, 9.17) is 0 Å². The van der Waals surface area contributed by atoms with Crippen LogP contribution in [-0.2, 0) is 4.79 Å². The van der Waals surface area contributed by atoms with Crippen molar-refractivity contribution in [1.82, 2.24) is 5.32 Å². The van der Waals surface area contributed by atoms with Gasteiger partial charge in [-0.25, -0.2) is 0 Å². The molecule has 0 aliphatic rings. The van der Waals surface area contributed by atoms with Crippen LogP contribution in [0.5, 0.6) is 0 Å². The lowest BCUT2D eigenvalue weighted by Crippen LogP contribution is -2.45. The van der Waals surface area contributed by atoms with Gasteiger partial charge in [0.25, 0.3) is 0 Å². The predicted octanol–water partition coefficient (Wildman–Crippen LogP) is 22.2. The summed E-state index contributed by atoms with van der Waals surface area (Å²) in [4.78, 5) is 12.5. The van der Waals surface area contributed by atoms with Gasteiger partial charge in [-0.3, -0.25) is 4.79 Å². The monoisotopic (exact) mass is 998 g/mol. The maximum absolute atomic E-state index is 12.5. The number of aliphatic hydroxyl groups is 2. The number of carbonyl (C=O) groups excluding carboxylic acids is 1. The summed E-state index contributed by atoms with van der Waals surface area (Å²) in [7, 11) is 0. The van der Waals surface area contributed by atoms with Crippen LogP contribution in [0.15, 0.2) is 24.3 Å². The molecule has 0 aromatic heterocycles. The van der Waals surface area contributed by atoms with E-state index < -0.39 is 12.1 Å². The van der Waals surface area contributed by atoms with Crippen molar-refractivity contribution < 1.29 is 15.0 Å². The van der Waals surface area contributed by atoms with Crippen molar-refractivity contribution in [3.8, 4) is 0 Å². The van der Waals surface area contributed by atoms with E-state index >= 15 is 0 Å². The summed E-state index contributed by atoms with van der Waals surface area (Å²) >= 11 is 0. The molecule has 0 rings (SSSR count). The van der Waals surface area contributed by atoms with Gasteiger partial charge in [0.15, 0.2) is 0 Å². The van der Waals surface area contributed by atoms with Crippen LogP contribution in [0.1, 0.15) is 380 Å². The minimum absolute atomic E-state index is 0.0556. The Kier molecular flexibility index (Phi) is 62.2. The maximum atomic E-state index is 12.5. The second kappa shape index (κ2) is 63.2. The number of rotatable bonds is 62. The Labute approximate surface area is 447 Å². The van der Waals surface area contributed by atoms with E-state index in [0.717, 1.165) is 25.7 Å². The summed E-state index contributed by atoms with van der Waals surface area (Å²) in [5.74, 6) is -0.0556. The summed E-state index contributed by atoms with van der Waals surface area (Å²) in [6, 6.07) is -0.621. The van der Waals surface area contributed by atoms with E-state index in [0.29, 0.717) is 6.42 Å². The predicted molar refractivity (Wildman–Crippen MR) is 318 cm³/mol. The Morgan fingerprint density at radius 2 is 0.535 bits per heavy atom. The molecule has 4 nitrogen and oxygen atoms in total. The molecule has 2 atom stereocenters. The highest BCUT2D eigenvalue weighted by Crippen LogP contribution is 2.19. The average molecular weight is 999 g/mol. The molecule has 0 bridgehead atoms. The van der Waals surface area contributed by atoms with Gasteiger partial charge in [0, 0.05) is 6.42 Å². The topological polar surface area (TPSA) is 69.6 Å². The number of amides is 1. The van der Waals surface area contributed by atoms with E-state index in [2.05, 4.69) is 31.3 Å². The molecule has 71 heavy (non-hydrogen) atoms. The van der Waals surface area contributed by atoms with Crippen molar-refractivity contribution in [1.29, 1.82) is 0 Å². The SMILES string of the molecule is CCCCCCCCCC/C=C\CCCCCCCCCCCCCCCCCCCC(=O)NC(CO)C(O)/C=C/CCCCCCCCCCCCCCCCCCCCCCCCCCCCCC. The molecule has 0 aliphatic carbocycles. The van der Waals surface area contributed by atoms with Gasteiger partial charge >= 0.3 is 0 Å². The lowest BCUT2D eigenvalue weighted by atomic mass is 10.0. The molecule has 0 fully saturated rings. The van der Waals surface area contributed by atoms with Crippen LogP contribution in [0.2, 0.25) is 0 Å². The largest absolute Gasteiger partial charge is 0.394 e. The van der Waals surface area contributed by atoms with Crippen LogP contribution in [0.4, 0.5) is 0 Å². The van der Waals surface area contributed by atoms with E-state index in [9.17, 15) is 15.0 Å². The minimum atomic E-state index is -0.838. The molecule has 0 aromatic rings. The average Bonchev–Trinajstić information content (AvgIpc) is 3.37. The number of aliphatic hydroxyl groups excluding tert-OH is 2. The molecule has 0 saturated carbocycles. The van der Waals surface area contributed by atoms with Crippen molar-refractivity contribution in [2.24, 2.45) is 0 Å².